The van der Waals surface area contributed by atoms with E-state index in [4.69, 9.17) is 0 Å². The van der Waals surface area contributed by atoms with Crippen LogP contribution in [-0.2, 0) is 4.79 Å². The highest BCUT2D eigenvalue weighted by Crippen LogP contribution is 2.18. The molecule has 2 heterocycles. The molecule has 0 radical (unpaired) electrons. The van der Waals surface area contributed by atoms with Gasteiger partial charge < -0.3 is 5.32 Å². The summed E-state index contributed by atoms with van der Waals surface area (Å²) in [5.41, 5.74) is 0. The molecule has 0 aliphatic rings. The number of nitrogens with zero attached hydrogens (tertiary/aromatic N) is 5. The first-order valence-corrected chi connectivity index (χ1v) is 7.54. The molecule has 0 spiro atoms. The average molecular weight is 330 g/mol. The van der Waals surface area contributed by atoms with Gasteiger partial charge in [0.1, 0.15) is 30.6 Å². The van der Waals surface area contributed by atoms with Gasteiger partial charge in [-0.2, -0.15) is 5.10 Å². The molecule has 3 aromatic rings. The quantitative estimate of drug-likeness (QED) is 0.720. The molecule has 0 saturated heterocycles. The van der Waals surface area contributed by atoms with E-state index in [1.54, 1.807) is 18.2 Å². The third-order valence-electron chi connectivity index (χ3n) is 2.76. The fourth-order valence-electron chi connectivity index (χ4n) is 1.73. The molecular formula is C14H11FN6OS. The second-order valence-electron chi connectivity index (χ2n) is 4.39. The van der Waals surface area contributed by atoms with Gasteiger partial charge in [0.2, 0.25) is 5.91 Å². The Morgan fingerprint density at radius 1 is 1.22 bits per heavy atom. The molecule has 0 atom stereocenters. The number of carbonyl (C=O) groups is 1. The number of thioether (sulfide) groups is 1. The minimum Gasteiger partial charge on any atom is -0.310 e. The molecule has 1 aromatic carbocycles. The lowest BCUT2D eigenvalue weighted by Crippen LogP contribution is -2.15. The topological polar surface area (TPSA) is 85.6 Å². The molecule has 0 unspecified atom stereocenters. The van der Waals surface area contributed by atoms with Crippen LogP contribution < -0.4 is 5.32 Å². The van der Waals surface area contributed by atoms with Gasteiger partial charge in [-0.3, -0.25) is 4.79 Å². The van der Waals surface area contributed by atoms with E-state index in [0.717, 1.165) is 4.90 Å². The summed E-state index contributed by atoms with van der Waals surface area (Å²) < 4.78 is 14.3. The van der Waals surface area contributed by atoms with Gasteiger partial charge in [0, 0.05) is 11.0 Å². The molecule has 0 saturated carbocycles. The Labute approximate surface area is 135 Å². The number of anilines is 1. The van der Waals surface area contributed by atoms with Crippen molar-refractivity contribution in [2.45, 2.75) is 4.90 Å². The number of hydrogen-bond donors (Lipinski definition) is 1. The maximum Gasteiger partial charge on any atom is 0.235 e. The highest BCUT2D eigenvalue weighted by molar-refractivity contribution is 8.00. The summed E-state index contributed by atoms with van der Waals surface area (Å²) in [6.07, 6.45) is 4.22. The number of hydrogen-bond acceptors (Lipinski definition) is 6. The molecule has 0 aliphatic heterocycles. The molecule has 116 valence electrons. The predicted molar refractivity (Wildman–Crippen MR) is 82.7 cm³/mol. The van der Waals surface area contributed by atoms with Crippen molar-refractivity contribution < 1.29 is 9.18 Å². The van der Waals surface area contributed by atoms with Crippen molar-refractivity contribution in [3.05, 3.63) is 55.1 Å². The minimum atomic E-state index is -0.305. The number of aromatic nitrogens is 5. The van der Waals surface area contributed by atoms with Gasteiger partial charge in [-0.25, -0.2) is 24.0 Å². The van der Waals surface area contributed by atoms with E-state index < -0.39 is 0 Å². The van der Waals surface area contributed by atoms with Crippen molar-refractivity contribution >= 4 is 23.5 Å². The fraction of sp³-hybridized carbons (Fsp3) is 0.0714. The molecule has 23 heavy (non-hydrogen) atoms. The average Bonchev–Trinajstić information content (AvgIpc) is 3.09. The van der Waals surface area contributed by atoms with Gasteiger partial charge in [-0.05, 0) is 24.3 Å². The molecule has 1 N–H and O–H groups in total. The molecule has 9 heteroatoms. The summed E-state index contributed by atoms with van der Waals surface area (Å²) in [7, 11) is 0. The van der Waals surface area contributed by atoms with E-state index in [9.17, 15) is 9.18 Å². The molecule has 7 nitrogen and oxygen atoms in total. The van der Waals surface area contributed by atoms with Crippen molar-refractivity contribution in [1.29, 1.82) is 0 Å². The van der Waals surface area contributed by atoms with Crippen LogP contribution in [0.15, 0.2) is 54.2 Å². The highest BCUT2D eigenvalue weighted by Gasteiger charge is 2.07. The Balaban J connectivity index is 1.59. The van der Waals surface area contributed by atoms with Crippen molar-refractivity contribution in [3.63, 3.8) is 0 Å². The predicted octanol–water partition coefficient (Wildman–Crippen LogP) is 1.93. The monoisotopic (exact) mass is 330 g/mol. The Morgan fingerprint density at radius 2 is 2.04 bits per heavy atom. The summed E-state index contributed by atoms with van der Waals surface area (Å²) in [6.45, 7) is 0. The highest BCUT2D eigenvalue weighted by atomic mass is 32.2. The zero-order valence-electron chi connectivity index (χ0n) is 11.8. The Hall–Kier alpha value is -2.81. The van der Waals surface area contributed by atoms with Crippen LogP contribution in [0.1, 0.15) is 0 Å². The number of nitrogens with one attached hydrogen (secondary N) is 1. The largest absolute Gasteiger partial charge is 0.310 e. The van der Waals surface area contributed by atoms with Crippen LogP contribution in [0.2, 0.25) is 0 Å². The smallest absolute Gasteiger partial charge is 0.235 e. The van der Waals surface area contributed by atoms with E-state index in [1.807, 2.05) is 0 Å². The third-order valence-corrected chi connectivity index (χ3v) is 3.77. The minimum absolute atomic E-state index is 0.189. The van der Waals surface area contributed by atoms with E-state index in [0.29, 0.717) is 11.6 Å². The van der Waals surface area contributed by atoms with Gasteiger partial charge in [0.05, 0.1) is 5.75 Å². The number of benzene rings is 1. The second kappa shape index (κ2) is 6.97. The summed E-state index contributed by atoms with van der Waals surface area (Å²) in [6, 6.07) is 7.56. The Kier molecular flexibility index (Phi) is 4.57. The van der Waals surface area contributed by atoms with Gasteiger partial charge >= 0.3 is 0 Å². The van der Waals surface area contributed by atoms with Crippen LogP contribution in [0.5, 0.6) is 0 Å². The molecule has 1 amide bonds. The van der Waals surface area contributed by atoms with Crippen LogP contribution in [0.4, 0.5) is 10.2 Å². The van der Waals surface area contributed by atoms with Gasteiger partial charge in [-0.1, -0.05) is 0 Å². The normalized spacial score (nSPS) is 10.5. The number of rotatable bonds is 5. The van der Waals surface area contributed by atoms with Gasteiger partial charge in [0.15, 0.2) is 5.82 Å². The summed E-state index contributed by atoms with van der Waals surface area (Å²) in [5, 5.41) is 6.64. The lowest BCUT2D eigenvalue weighted by atomic mass is 10.4. The van der Waals surface area contributed by atoms with Crippen molar-refractivity contribution in [2.75, 3.05) is 11.1 Å². The third kappa shape index (κ3) is 4.10. The number of carbonyl (C=O) groups excluding carboxylic acids is 1. The second-order valence-corrected chi connectivity index (χ2v) is 5.44. The van der Waals surface area contributed by atoms with Crippen LogP contribution >= 0.6 is 11.8 Å². The summed E-state index contributed by atoms with van der Waals surface area (Å²) in [5.74, 6) is 0.533. The first-order valence-electron chi connectivity index (χ1n) is 6.56. The van der Waals surface area contributed by atoms with Crippen molar-refractivity contribution in [2.24, 2.45) is 0 Å². The van der Waals surface area contributed by atoms with Crippen LogP contribution in [0, 0.1) is 5.82 Å². The van der Waals surface area contributed by atoms with E-state index in [1.165, 1.54) is 47.6 Å². The summed E-state index contributed by atoms with van der Waals surface area (Å²) in [4.78, 5) is 24.6. The van der Waals surface area contributed by atoms with Gasteiger partial charge in [0.25, 0.3) is 0 Å². The first kappa shape index (κ1) is 15.1. The van der Waals surface area contributed by atoms with Crippen molar-refractivity contribution in [3.8, 4) is 5.82 Å². The van der Waals surface area contributed by atoms with E-state index >= 15 is 0 Å². The van der Waals surface area contributed by atoms with Gasteiger partial charge in [-0.15, -0.1) is 11.8 Å². The molecule has 0 aliphatic carbocycles. The lowest BCUT2D eigenvalue weighted by molar-refractivity contribution is -0.113. The molecule has 2 aromatic heterocycles. The van der Waals surface area contributed by atoms with E-state index in [2.05, 4.69) is 25.4 Å². The molecular weight excluding hydrogens is 319 g/mol. The Bertz CT molecular complexity index is 793. The molecule has 0 bridgehead atoms. The first-order chi connectivity index (χ1) is 11.2. The van der Waals surface area contributed by atoms with E-state index in [-0.39, 0.29) is 17.5 Å². The molecule has 0 fully saturated rings. The zero-order valence-corrected chi connectivity index (χ0v) is 12.6. The van der Waals surface area contributed by atoms with Crippen LogP contribution in [-0.4, -0.2) is 36.4 Å². The van der Waals surface area contributed by atoms with Crippen LogP contribution in [0.25, 0.3) is 5.82 Å². The van der Waals surface area contributed by atoms with Crippen molar-refractivity contribution in [1.82, 2.24) is 24.7 Å². The molecule has 3 rings (SSSR count). The standard InChI is InChI=1S/C14H11FN6OS/c15-10-1-3-11(4-2-10)23-6-14(22)20-12-5-13(18-8-17-12)21-9-16-7-19-21/h1-5,7-9H,6H2,(H,17,18,20,22). The number of amides is 1. The maximum absolute atomic E-state index is 12.8. The number of halogens is 1. The van der Waals surface area contributed by atoms with Crippen LogP contribution in [0.3, 0.4) is 0 Å². The zero-order chi connectivity index (χ0) is 16.1. The Morgan fingerprint density at radius 3 is 2.78 bits per heavy atom. The summed E-state index contributed by atoms with van der Waals surface area (Å²) >= 11 is 1.31. The SMILES string of the molecule is O=C(CSc1ccc(F)cc1)Nc1cc(-n2cncn2)ncn1. The lowest BCUT2D eigenvalue weighted by Gasteiger charge is -2.06. The maximum atomic E-state index is 12.8. The fourth-order valence-corrected chi connectivity index (χ4v) is 2.42.